The number of nitrogens with two attached hydrogens (primary N) is 1. The molecule has 0 aliphatic carbocycles. The van der Waals surface area contributed by atoms with Gasteiger partial charge in [-0.25, -0.2) is 4.98 Å². The van der Waals surface area contributed by atoms with Gasteiger partial charge < -0.3 is 15.9 Å². The Morgan fingerprint density at radius 3 is 2.66 bits per heavy atom. The molecule has 1 aliphatic rings. The Morgan fingerprint density at radius 1 is 1.41 bits per heavy atom. The standard InChI is InChI=1S/C15H15N5O6S3/c1-26-19-10(9-7-27-15(16)17-9)12(21)18-11-13(22)20(29(23,24)25)14(11)28-8-5-3-2-4-6-8/h2-7,11,14H,1H3,(H2,16,17)(H,18,21)(H,23,24,25)/t11-,14+/m1/s1. The number of rotatable bonds is 7. The van der Waals surface area contributed by atoms with Crippen molar-refractivity contribution in [3.05, 3.63) is 41.4 Å². The molecule has 1 aromatic carbocycles. The number of β-lactam (4-membered cyclic amide) rings is 1. The highest BCUT2D eigenvalue weighted by atomic mass is 32.2. The summed E-state index contributed by atoms with van der Waals surface area (Å²) in [6.45, 7) is 0. The molecular weight excluding hydrogens is 442 g/mol. The summed E-state index contributed by atoms with van der Waals surface area (Å²) >= 11 is 2.07. The van der Waals surface area contributed by atoms with Crippen molar-refractivity contribution in [3.63, 3.8) is 0 Å². The average Bonchev–Trinajstić information content (AvgIpc) is 3.09. The zero-order valence-electron chi connectivity index (χ0n) is 14.8. The monoisotopic (exact) mass is 457 g/mol. The highest BCUT2D eigenvalue weighted by Crippen LogP contribution is 2.36. The number of hydrogen-bond acceptors (Lipinski definition) is 10. The molecule has 29 heavy (non-hydrogen) atoms. The second-order valence-corrected chi connectivity index (χ2v) is 8.95. The number of aromatic nitrogens is 1. The predicted molar refractivity (Wildman–Crippen MR) is 106 cm³/mol. The second-order valence-electron chi connectivity index (χ2n) is 5.58. The first kappa shape index (κ1) is 21.0. The van der Waals surface area contributed by atoms with Gasteiger partial charge in [0, 0.05) is 10.3 Å². The molecule has 3 rings (SSSR count). The van der Waals surface area contributed by atoms with Crippen molar-refractivity contribution >= 4 is 56.1 Å². The first-order valence-corrected chi connectivity index (χ1v) is 11.0. The first-order valence-electron chi connectivity index (χ1n) is 7.88. The summed E-state index contributed by atoms with van der Waals surface area (Å²) in [5.41, 5.74) is 5.47. The summed E-state index contributed by atoms with van der Waals surface area (Å²) in [5, 5.41) is 6.63. The van der Waals surface area contributed by atoms with Crippen LogP contribution in [0.15, 0.2) is 45.8 Å². The van der Waals surface area contributed by atoms with Gasteiger partial charge in [0.2, 0.25) is 0 Å². The molecular formula is C15H15N5O6S3. The lowest BCUT2D eigenvalue weighted by Gasteiger charge is -2.43. The third-order valence-electron chi connectivity index (χ3n) is 3.70. The molecule has 1 saturated heterocycles. The van der Waals surface area contributed by atoms with Crippen LogP contribution < -0.4 is 11.1 Å². The number of nitrogen functional groups attached to an aromatic ring is 1. The van der Waals surface area contributed by atoms with E-state index < -0.39 is 33.5 Å². The van der Waals surface area contributed by atoms with Crippen molar-refractivity contribution < 1.29 is 27.4 Å². The third kappa shape index (κ3) is 4.50. The Labute approximate surface area is 173 Å². The molecule has 11 nitrogen and oxygen atoms in total. The molecule has 1 fully saturated rings. The summed E-state index contributed by atoms with van der Waals surface area (Å²) in [6, 6.07) is 7.39. The molecule has 0 bridgehead atoms. The molecule has 14 heteroatoms. The lowest BCUT2D eigenvalue weighted by atomic mass is 10.1. The molecule has 2 aromatic rings. The van der Waals surface area contributed by atoms with Gasteiger partial charge in [-0.05, 0) is 12.1 Å². The minimum atomic E-state index is -4.80. The summed E-state index contributed by atoms with van der Waals surface area (Å²) in [7, 11) is -3.58. The maximum Gasteiger partial charge on any atom is 0.363 e. The Balaban J connectivity index is 1.84. The quantitative estimate of drug-likeness (QED) is 0.230. The lowest BCUT2D eigenvalue weighted by molar-refractivity contribution is -0.140. The zero-order valence-corrected chi connectivity index (χ0v) is 17.2. The van der Waals surface area contributed by atoms with E-state index in [0.29, 0.717) is 9.20 Å². The molecule has 154 valence electrons. The van der Waals surface area contributed by atoms with Crippen LogP contribution in [0.25, 0.3) is 0 Å². The smallest absolute Gasteiger partial charge is 0.363 e. The van der Waals surface area contributed by atoms with Gasteiger partial charge in [0.05, 0.1) is 0 Å². The van der Waals surface area contributed by atoms with E-state index >= 15 is 0 Å². The fourth-order valence-corrected chi connectivity index (χ4v) is 5.31. The first-order chi connectivity index (χ1) is 13.7. The maximum atomic E-state index is 12.7. The number of anilines is 1. The van der Waals surface area contributed by atoms with Gasteiger partial charge in [-0.3, -0.25) is 14.1 Å². The van der Waals surface area contributed by atoms with Gasteiger partial charge in [0.15, 0.2) is 10.8 Å². The molecule has 1 aliphatic heterocycles. The van der Waals surface area contributed by atoms with E-state index in [-0.39, 0.29) is 16.5 Å². The van der Waals surface area contributed by atoms with Crippen molar-refractivity contribution in [3.8, 4) is 0 Å². The number of nitrogens with zero attached hydrogens (tertiary/aromatic N) is 3. The number of nitrogens with one attached hydrogen (secondary N) is 1. The predicted octanol–water partition coefficient (Wildman–Crippen LogP) is 0.324. The third-order valence-corrected chi connectivity index (χ3v) is 6.68. The Morgan fingerprint density at radius 2 is 2.10 bits per heavy atom. The number of hydrogen-bond donors (Lipinski definition) is 3. The minimum Gasteiger partial charge on any atom is -0.398 e. The summed E-state index contributed by atoms with van der Waals surface area (Å²) in [6.07, 6.45) is 0. The highest BCUT2D eigenvalue weighted by Gasteiger charge is 2.54. The van der Waals surface area contributed by atoms with E-state index in [1.165, 1.54) is 12.5 Å². The van der Waals surface area contributed by atoms with Gasteiger partial charge >= 0.3 is 10.3 Å². The van der Waals surface area contributed by atoms with Crippen LogP contribution >= 0.6 is 23.1 Å². The van der Waals surface area contributed by atoms with Gasteiger partial charge in [-0.1, -0.05) is 35.1 Å². The van der Waals surface area contributed by atoms with Crippen molar-refractivity contribution in [1.29, 1.82) is 0 Å². The Kier molecular flexibility index (Phi) is 6.07. The van der Waals surface area contributed by atoms with Crippen molar-refractivity contribution in [2.45, 2.75) is 16.3 Å². The molecule has 4 N–H and O–H groups in total. The molecule has 2 amide bonds. The van der Waals surface area contributed by atoms with Crippen LogP contribution in [0.2, 0.25) is 0 Å². The largest absolute Gasteiger partial charge is 0.398 e. The van der Waals surface area contributed by atoms with E-state index in [1.54, 1.807) is 30.3 Å². The number of carbonyl (C=O) groups excluding carboxylic acids is 2. The van der Waals surface area contributed by atoms with Crippen LogP contribution in [0.5, 0.6) is 0 Å². The van der Waals surface area contributed by atoms with E-state index in [1.807, 2.05) is 0 Å². The zero-order chi connectivity index (χ0) is 21.2. The minimum absolute atomic E-state index is 0.137. The number of thioether (sulfide) groups is 1. The van der Waals surface area contributed by atoms with Gasteiger partial charge in [-0.15, -0.1) is 11.3 Å². The molecule has 2 atom stereocenters. The van der Waals surface area contributed by atoms with Crippen molar-refractivity contribution in [2.24, 2.45) is 5.16 Å². The fraction of sp³-hybridized carbons (Fsp3) is 0.200. The number of amides is 2. The topological polar surface area (TPSA) is 164 Å². The van der Waals surface area contributed by atoms with Crippen molar-refractivity contribution in [2.75, 3.05) is 12.8 Å². The van der Waals surface area contributed by atoms with Crippen LogP contribution in [0, 0.1) is 0 Å². The van der Waals surface area contributed by atoms with Crippen LogP contribution in [-0.4, -0.2) is 58.3 Å². The van der Waals surface area contributed by atoms with E-state index in [9.17, 15) is 22.6 Å². The second kappa shape index (κ2) is 8.36. The number of thiazole rings is 1. The summed E-state index contributed by atoms with van der Waals surface area (Å²) < 4.78 is 32.8. The molecule has 2 heterocycles. The van der Waals surface area contributed by atoms with Crippen LogP contribution in [0.3, 0.4) is 0 Å². The Bertz CT molecular complexity index is 1060. The van der Waals surface area contributed by atoms with Crippen LogP contribution in [0.1, 0.15) is 5.69 Å². The number of benzene rings is 1. The molecule has 0 spiro atoms. The molecule has 1 aromatic heterocycles. The fourth-order valence-electron chi connectivity index (χ4n) is 2.47. The molecule has 0 radical (unpaired) electrons. The number of carbonyl (C=O) groups is 2. The summed E-state index contributed by atoms with van der Waals surface area (Å²) in [4.78, 5) is 34.2. The Hall–Kier alpha value is -2.68. The normalized spacial score (nSPS) is 19.6. The SMILES string of the molecule is CON=C(C(=O)N[C@@H]1C(=O)N(S(=O)(=O)O)[C@H]1Sc1ccccc1)c1csc(N)n1. The molecule has 0 unspecified atom stereocenters. The maximum absolute atomic E-state index is 12.7. The number of oxime groups is 1. The van der Waals surface area contributed by atoms with Gasteiger partial charge in [0.1, 0.15) is 24.2 Å². The lowest BCUT2D eigenvalue weighted by Crippen LogP contribution is -2.71. The van der Waals surface area contributed by atoms with E-state index in [4.69, 9.17) is 5.73 Å². The highest BCUT2D eigenvalue weighted by molar-refractivity contribution is 8.00. The van der Waals surface area contributed by atoms with Gasteiger partial charge in [0.25, 0.3) is 11.8 Å². The van der Waals surface area contributed by atoms with Gasteiger partial charge in [-0.2, -0.15) is 12.7 Å². The van der Waals surface area contributed by atoms with Crippen LogP contribution in [0.4, 0.5) is 5.13 Å². The van der Waals surface area contributed by atoms with Crippen molar-refractivity contribution in [1.82, 2.24) is 14.6 Å². The molecule has 0 saturated carbocycles. The summed E-state index contributed by atoms with van der Waals surface area (Å²) in [5.74, 6) is -1.80. The van der Waals surface area contributed by atoms with Crippen LogP contribution in [-0.2, 0) is 24.7 Å². The average molecular weight is 458 g/mol. The van der Waals surface area contributed by atoms with E-state index in [0.717, 1.165) is 23.1 Å². The van der Waals surface area contributed by atoms with E-state index in [2.05, 4.69) is 20.3 Å².